The number of anilines is 1. The van der Waals surface area contributed by atoms with E-state index in [1.807, 2.05) is 25.1 Å². The van der Waals surface area contributed by atoms with E-state index < -0.39 is 0 Å². The van der Waals surface area contributed by atoms with Crippen LogP contribution >= 0.6 is 15.9 Å². The Morgan fingerprint density at radius 1 is 1.28 bits per heavy atom. The van der Waals surface area contributed by atoms with Crippen LogP contribution in [0, 0.1) is 6.92 Å². The van der Waals surface area contributed by atoms with Gasteiger partial charge in [-0.3, -0.25) is 0 Å². The summed E-state index contributed by atoms with van der Waals surface area (Å²) >= 11 is 3.41. The number of hydrogen-bond acceptors (Lipinski definition) is 4. The quantitative estimate of drug-likeness (QED) is 0.942. The van der Waals surface area contributed by atoms with Crippen molar-refractivity contribution >= 4 is 21.6 Å². The molecule has 94 valence electrons. The summed E-state index contributed by atoms with van der Waals surface area (Å²) in [5, 5.41) is 0. The van der Waals surface area contributed by atoms with Crippen LogP contribution in [0.1, 0.15) is 5.56 Å². The van der Waals surface area contributed by atoms with Crippen molar-refractivity contribution in [2.75, 3.05) is 12.8 Å². The third-order valence-corrected chi connectivity index (χ3v) is 2.98. The molecule has 0 spiro atoms. The minimum absolute atomic E-state index is 0.395. The van der Waals surface area contributed by atoms with Crippen LogP contribution < -0.4 is 15.2 Å². The van der Waals surface area contributed by atoms with E-state index in [0.717, 1.165) is 15.8 Å². The van der Waals surface area contributed by atoms with E-state index >= 15 is 0 Å². The molecule has 0 radical (unpaired) electrons. The van der Waals surface area contributed by atoms with Gasteiger partial charge in [-0.2, -0.15) is 0 Å². The number of aromatic nitrogens is 1. The topological polar surface area (TPSA) is 57.4 Å². The van der Waals surface area contributed by atoms with Crippen LogP contribution in [-0.4, -0.2) is 12.1 Å². The summed E-state index contributed by atoms with van der Waals surface area (Å²) in [7, 11) is 1.61. The lowest BCUT2D eigenvalue weighted by Crippen LogP contribution is -1.96. The Kier molecular flexibility index (Phi) is 3.72. The predicted molar refractivity (Wildman–Crippen MR) is 74.2 cm³/mol. The lowest BCUT2D eigenvalue weighted by atomic mass is 10.3. The van der Waals surface area contributed by atoms with Gasteiger partial charge >= 0.3 is 0 Å². The highest BCUT2D eigenvalue weighted by Crippen LogP contribution is 2.33. The molecule has 2 rings (SSSR count). The summed E-state index contributed by atoms with van der Waals surface area (Å²) in [6, 6.07) is 7.24. The summed E-state index contributed by atoms with van der Waals surface area (Å²) < 4.78 is 11.6. The van der Waals surface area contributed by atoms with E-state index in [1.165, 1.54) is 0 Å². The molecule has 1 heterocycles. The minimum atomic E-state index is 0.395. The second-order valence-electron chi connectivity index (χ2n) is 3.81. The molecule has 0 atom stereocenters. The average molecular weight is 309 g/mol. The molecule has 1 aromatic carbocycles. The Morgan fingerprint density at radius 3 is 2.67 bits per heavy atom. The molecule has 4 nitrogen and oxygen atoms in total. The number of pyridine rings is 1. The molecule has 2 N–H and O–H groups in total. The van der Waals surface area contributed by atoms with Gasteiger partial charge in [-0.05, 0) is 52.7 Å². The minimum Gasteiger partial charge on any atom is -0.497 e. The number of halogens is 1. The third-order valence-electron chi connectivity index (χ3n) is 2.36. The molecule has 0 aliphatic rings. The largest absolute Gasteiger partial charge is 0.497 e. The normalized spacial score (nSPS) is 10.2. The van der Waals surface area contributed by atoms with Gasteiger partial charge in [-0.15, -0.1) is 0 Å². The molecule has 0 fully saturated rings. The fourth-order valence-electron chi connectivity index (χ4n) is 1.46. The number of methoxy groups -OCH3 is 1. The highest BCUT2D eigenvalue weighted by molar-refractivity contribution is 9.10. The molecular formula is C13H13BrN2O2. The van der Waals surface area contributed by atoms with Crippen LogP contribution in [0.25, 0.3) is 0 Å². The highest BCUT2D eigenvalue weighted by atomic mass is 79.9. The van der Waals surface area contributed by atoms with Crippen molar-refractivity contribution in [2.24, 2.45) is 0 Å². The number of rotatable bonds is 3. The van der Waals surface area contributed by atoms with Gasteiger partial charge in [0.1, 0.15) is 11.5 Å². The second kappa shape index (κ2) is 5.27. The molecule has 0 unspecified atom stereocenters. The van der Waals surface area contributed by atoms with Crippen molar-refractivity contribution in [1.82, 2.24) is 4.98 Å². The molecule has 0 saturated carbocycles. The van der Waals surface area contributed by atoms with Gasteiger partial charge in [0.05, 0.1) is 17.3 Å². The van der Waals surface area contributed by atoms with E-state index in [1.54, 1.807) is 19.4 Å². The summed E-state index contributed by atoms with van der Waals surface area (Å²) in [5.74, 6) is 1.78. The molecule has 0 bridgehead atoms. The molecule has 0 amide bonds. The Balaban J connectivity index is 2.28. The van der Waals surface area contributed by atoms with Gasteiger partial charge in [0.2, 0.25) is 5.88 Å². The Bertz CT molecular complexity index is 573. The summed E-state index contributed by atoms with van der Waals surface area (Å²) in [4.78, 5) is 4.16. The Morgan fingerprint density at radius 2 is 2.06 bits per heavy atom. The van der Waals surface area contributed by atoms with Crippen molar-refractivity contribution in [3.05, 3.63) is 40.5 Å². The molecular weight excluding hydrogens is 296 g/mol. The smallest absolute Gasteiger partial charge is 0.242 e. The van der Waals surface area contributed by atoms with Crippen LogP contribution in [-0.2, 0) is 0 Å². The summed E-state index contributed by atoms with van der Waals surface area (Å²) in [6.07, 6.45) is 1.71. The predicted octanol–water partition coefficient (Wildman–Crippen LogP) is 3.54. The van der Waals surface area contributed by atoms with E-state index in [4.69, 9.17) is 15.2 Å². The molecule has 0 aliphatic carbocycles. The van der Waals surface area contributed by atoms with Gasteiger partial charge < -0.3 is 15.2 Å². The van der Waals surface area contributed by atoms with Crippen LogP contribution in [0.3, 0.4) is 0 Å². The SMILES string of the molecule is COc1ccc(Oc2ncc(C)cc2N)c(Br)c1. The van der Waals surface area contributed by atoms with Crippen LogP contribution in [0.5, 0.6) is 17.4 Å². The third kappa shape index (κ3) is 2.73. The summed E-state index contributed by atoms with van der Waals surface area (Å²) in [6.45, 7) is 1.93. The monoisotopic (exact) mass is 308 g/mol. The molecule has 0 aliphatic heterocycles. The first-order valence-corrected chi connectivity index (χ1v) is 6.13. The molecule has 5 heteroatoms. The molecule has 0 saturated heterocycles. The zero-order chi connectivity index (χ0) is 13.1. The van der Waals surface area contributed by atoms with E-state index in [-0.39, 0.29) is 0 Å². The standard InChI is InChI=1S/C13H13BrN2O2/c1-8-5-11(15)13(16-7-8)18-12-4-3-9(17-2)6-10(12)14/h3-7H,15H2,1-2H3. The summed E-state index contributed by atoms with van der Waals surface area (Å²) in [5.41, 5.74) is 7.35. The average Bonchev–Trinajstić information content (AvgIpc) is 2.34. The van der Waals surface area contributed by atoms with Gasteiger partial charge in [0, 0.05) is 6.20 Å². The molecule has 1 aromatic heterocycles. The van der Waals surface area contributed by atoms with Gasteiger partial charge in [0.25, 0.3) is 0 Å². The maximum Gasteiger partial charge on any atom is 0.242 e. The van der Waals surface area contributed by atoms with E-state index in [9.17, 15) is 0 Å². The first kappa shape index (κ1) is 12.7. The van der Waals surface area contributed by atoms with Gasteiger partial charge in [-0.1, -0.05) is 0 Å². The lowest BCUT2D eigenvalue weighted by molar-refractivity contribution is 0.411. The number of ether oxygens (including phenoxy) is 2. The van der Waals surface area contributed by atoms with E-state index in [0.29, 0.717) is 17.3 Å². The van der Waals surface area contributed by atoms with Crippen LogP contribution in [0.2, 0.25) is 0 Å². The van der Waals surface area contributed by atoms with Crippen molar-refractivity contribution in [3.8, 4) is 17.4 Å². The Hall–Kier alpha value is -1.75. The molecule has 2 aromatic rings. The van der Waals surface area contributed by atoms with Crippen molar-refractivity contribution in [3.63, 3.8) is 0 Å². The Labute approximate surface area is 114 Å². The zero-order valence-electron chi connectivity index (χ0n) is 10.1. The lowest BCUT2D eigenvalue weighted by Gasteiger charge is -2.10. The number of nitrogens with two attached hydrogens (primary N) is 1. The van der Waals surface area contributed by atoms with Crippen LogP contribution in [0.4, 0.5) is 5.69 Å². The first-order valence-electron chi connectivity index (χ1n) is 5.33. The highest BCUT2D eigenvalue weighted by Gasteiger charge is 2.08. The number of nitrogens with zero attached hydrogens (tertiary/aromatic N) is 1. The number of hydrogen-bond donors (Lipinski definition) is 1. The number of nitrogen functional groups attached to an aromatic ring is 1. The zero-order valence-corrected chi connectivity index (χ0v) is 11.7. The molecule has 18 heavy (non-hydrogen) atoms. The fraction of sp³-hybridized carbons (Fsp3) is 0.154. The van der Waals surface area contributed by atoms with Gasteiger partial charge in [-0.25, -0.2) is 4.98 Å². The number of aryl methyl sites for hydroxylation is 1. The van der Waals surface area contributed by atoms with Crippen molar-refractivity contribution in [1.29, 1.82) is 0 Å². The fourth-order valence-corrected chi connectivity index (χ4v) is 1.90. The first-order chi connectivity index (χ1) is 8.60. The second-order valence-corrected chi connectivity index (χ2v) is 4.66. The maximum atomic E-state index is 5.85. The van der Waals surface area contributed by atoms with E-state index in [2.05, 4.69) is 20.9 Å². The number of benzene rings is 1. The van der Waals surface area contributed by atoms with Crippen molar-refractivity contribution < 1.29 is 9.47 Å². The van der Waals surface area contributed by atoms with Gasteiger partial charge in [0.15, 0.2) is 0 Å². The van der Waals surface area contributed by atoms with Crippen molar-refractivity contribution in [2.45, 2.75) is 6.92 Å². The maximum absolute atomic E-state index is 5.85. The van der Waals surface area contributed by atoms with Crippen LogP contribution in [0.15, 0.2) is 34.9 Å².